The summed E-state index contributed by atoms with van der Waals surface area (Å²) in [6.45, 7) is 1.97. The number of rotatable bonds is 4. The molecule has 6 heteroatoms. The summed E-state index contributed by atoms with van der Waals surface area (Å²) in [6, 6.07) is 5.66. The summed E-state index contributed by atoms with van der Waals surface area (Å²) in [5, 5.41) is 4.93. The molecule has 5 nitrogen and oxygen atoms in total. The Labute approximate surface area is 111 Å². The summed E-state index contributed by atoms with van der Waals surface area (Å²) in [5.41, 5.74) is 5.73. The highest BCUT2D eigenvalue weighted by Crippen LogP contribution is 2.17. The lowest BCUT2D eigenvalue weighted by Crippen LogP contribution is -2.30. The second-order valence-corrected chi connectivity index (χ2v) is 4.66. The summed E-state index contributed by atoms with van der Waals surface area (Å²) in [6.07, 6.45) is 2.35. The Kier molecular flexibility index (Phi) is 3.96. The molecule has 0 saturated carbocycles. The highest BCUT2D eigenvalue weighted by molar-refractivity contribution is 6.30. The maximum atomic E-state index is 5.82. The Bertz CT molecular complexity index is 520. The van der Waals surface area contributed by atoms with Gasteiger partial charge in [-0.15, -0.1) is 0 Å². The van der Waals surface area contributed by atoms with Crippen molar-refractivity contribution >= 4 is 11.6 Å². The molecule has 0 aliphatic heterocycles. The first-order valence-electron chi connectivity index (χ1n) is 5.67. The van der Waals surface area contributed by atoms with Crippen LogP contribution in [-0.2, 0) is 13.5 Å². The van der Waals surface area contributed by atoms with E-state index in [0.717, 1.165) is 23.5 Å². The number of hydrazine groups is 1. The van der Waals surface area contributed by atoms with E-state index >= 15 is 0 Å². The smallest absolute Gasteiger partial charge is 0.0687 e. The monoisotopic (exact) mass is 265 g/mol. The third-order valence-electron chi connectivity index (χ3n) is 2.82. The van der Waals surface area contributed by atoms with Gasteiger partial charge in [-0.1, -0.05) is 11.6 Å². The molecule has 0 saturated heterocycles. The number of aromatic nitrogens is 3. The zero-order valence-corrected chi connectivity index (χ0v) is 11.1. The number of pyridine rings is 1. The van der Waals surface area contributed by atoms with E-state index < -0.39 is 0 Å². The maximum absolute atomic E-state index is 5.82. The first-order chi connectivity index (χ1) is 8.60. The second-order valence-electron chi connectivity index (χ2n) is 4.23. The first-order valence-corrected chi connectivity index (χ1v) is 6.05. The van der Waals surface area contributed by atoms with Crippen molar-refractivity contribution in [2.75, 3.05) is 0 Å². The van der Waals surface area contributed by atoms with Crippen molar-refractivity contribution in [3.63, 3.8) is 0 Å². The van der Waals surface area contributed by atoms with Gasteiger partial charge in [0, 0.05) is 25.4 Å². The van der Waals surface area contributed by atoms with Gasteiger partial charge in [0.15, 0.2) is 0 Å². The molecule has 0 amide bonds. The van der Waals surface area contributed by atoms with Gasteiger partial charge in [-0.05, 0) is 25.1 Å². The van der Waals surface area contributed by atoms with E-state index in [1.807, 2.05) is 36.9 Å². The summed E-state index contributed by atoms with van der Waals surface area (Å²) < 4.78 is 1.86. The molecule has 0 bridgehead atoms. The number of aryl methyl sites for hydroxylation is 2. The van der Waals surface area contributed by atoms with Crippen LogP contribution in [0.25, 0.3) is 0 Å². The lowest BCUT2D eigenvalue weighted by Gasteiger charge is -2.15. The van der Waals surface area contributed by atoms with Crippen molar-refractivity contribution in [3.8, 4) is 0 Å². The van der Waals surface area contributed by atoms with Crippen molar-refractivity contribution < 1.29 is 0 Å². The second kappa shape index (κ2) is 5.48. The van der Waals surface area contributed by atoms with E-state index in [1.165, 1.54) is 0 Å². The van der Waals surface area contributed by atoms with Crippen molar-refractivity contribution in [2.45, 2.75) is 19.4 Å². The van der Waals surface area contributed by atoms with Crippen LogP contribution in [0.4, 0.5) is 0 Å². The molecule has 2 aromatic rings. The van der Waals surface area contributed by atoms with Crippen LogP contribution in [0, 0.1) is 6.92 Å². The summed E-state index contributed by atoms with van der Waals surface area (Å²) in [7, 11) is 1.92. The lowest BCUT2D eigenvalue weighted by atomic mass is 10.1. The number of nitrogens with one attached hydrogen (secondary N) is 1. The van der Waals surface area contributed by atoms with E-state index in [2.05, 4.69) is 15.5 Å². The summed E-state index contributed by atoms with van der Waals surface area (Å²) in [5.74, 6) is 5.59. The van der Waals surface area contributed by atoms with Gasteiger partial charge in [0.2, 0.25) is 0 Å². The van der Waals surface area contributed by atoms with Gasteiger partial charge in [-0.2, -0.15) is 5.10 Å². The molecule has 0 radical (unpaired) electrons. The molecular formula is C12H16ClN5. The van der Waals surface area contributed by atoms with Crippen LogP contribution in [0.5, 0.6) is 0 Å². The van der Waals surface area contributed by atoms with Crippen LogP contribution >= 0.6 is 11.6 Å². The molecule has 3 N–H and O–H groups in total. The number of nitrogens with two attached hydrogens (primary N) is 1. The number of hydrogen-bond donors (Lipinski definition) is 2. The minimum Gasteiger partial charge on any atom is -0.272 e. The number of nitrogens with zero attached hydrogens (tertiary/aromatic N) is 3. The minimum absolute atomic E-state index is 0.0583. The van der Waals surface area contributed by atoms with Crippen LogP contribution in [-0.4, -0.2) is 14.8 Å². The van der Waals surface area contributed by atoms with E-state index in [9.17, 15) is 0 Å². The summed E-state index contributed by atoms with van der Waals surface area (Å²) >= 11 is 5.82. The first kappa shape index (κ1) is 13.0. The molecule has 96 valence electrons. The molecule has 0 aromatic carbocycles. The van der Waals surface area contributed by atoms with Crippen LogP contribution in [0.2, 0.25) is 5.02 Å². The van der Waals surface area contributed by atoms with Crippen LogP contribution < -0.4 is 11.3 Å². The third kappa shape index (κ3) is 2.87. The number of hydrogen-bond acceptors (Lipinski definition) is 4. The van der Waals surface area contributed by atoms with Gasteiger partial charge in [0.1, 0.15) is 0 Å². The lowest BCUT2D eigenvalue weighted by molar-refractivity contribution is 0.518. The van der Waals surface area contributed by atoms with Gasteiger partial charge < -0.3 is 0 Å². The molecule has 2 aromatic heterocycles. The molecule has 0 aliphatic carbocycles. The van der Waals surface area contributed by atoms with Crippen molar-refractivity contribution in [1.29, 1.82) is 0 Å². The average molecular weight is 266 g/mol. The standard InChI is InChI=1S/C12H16ClN5/c1-8-5-10(18(2)17-8)6-12(16-14)11-4-3-9(13)7-15-11/h3-5,7,12,16H,6,14H2,1-2H3. The molecule has 0 aliphatic rings. The average Bonchev–Trinajstić information content (AvgIpc) is 2.66. The fraction of sp³-hybridized carbons (Fsp3) is 0.333. The van der Waals surface area contributed by atoms with Crippen molar-refractivity contribution in [2.24, 2.45) is 12.9 Å². The van der Waals surface area contributed by atoms with Crippen LogP contribution in [0.15, 0.2) is 24.4 Å². The van der Waals surface area contributed by atoms with Gasteiger partial charge in [0.25, 0.3) is 0 Å². The molecule has 1 atom stereocenters. The maximum Gasteiger partial charge on any atom is 0.0687 e. The molecular weight excluding hydrogens is 250 g/mol. The van der Waals surface area contributed by atoms with Crippen LogP contribution in [0.3, 0.4) is 0 Å². The SMILES string of the molecule is Cc1cc(CC(NN)c2ccc(Cl)cn2)n(C)n1. The topological polar surface area (TPSA) is 68.8 Å². The Morgan fingerprint density at radius 2 is 2.28 bits per heavy atom. The van der Waals surface area contributed by atoms with Gasteiger partial charge >= 0.3 is 0 Å². The Morgan fingerprint density at radius 3 is 2.78 bits per heavy atom. The van der Waals surface area contributed by atoms with E-state index in [-0.39, 0.29) is 6.04 Å². The van der Waals surface area contributed by atoms with Gasteiger partial charge in [-0.3, -0.25) is 20.9 Å². The van der Waals surface area contributed by atoms with E-state index in [4.69, 9.17) is 17.4 Å². The fourth-order valence-electron chi connectivity index (χ4n) is 1.91. The third-order valence-corrected chi connectivity index (χ3v) is 3.04. The minimum atomic E-state index is -0.0583. The summed E-state index contributed by atoms with van der Waals surface area (Å²) in [4.78, 5) is 4.28. The van der Waals surface area contributed by atoms with Crippen molar-refractivity contribution in [1.82, 2.24) is 20.2 Å². The Hall–Kier alpha value is -1.43. The zero-order valence-electron chi connectivity index (χ0n) is 10.4. The van der Waals surface area contributed by atoms with Crippen molar-refractivity contribution in [3.05, 3.63) is 46.5 Å². The van der Waals surface area contributed by atoms with Crippen LogP contribution in [0.1, 0.15) is 23.1 Å². The van der Waals surface area contributed by atoms with Gasteiger partial charge in [-0.25, -0.2) is 0 Å². The molecule has 2 rings (SSSR count). The normalized spacial score (nSPS) is 12.7. The van der Waals surface area contributed by atoms with E-state index in [1.54, 1.807) is 6.20 Å². The largest absolute Gasteiger partial charge is 0.272 e. The van der Waals surface area contributed by atoms with Gasteiger partial charge in [0.05, 0.1) is 22.5 Å². The Balaban J connectivity index is 2.19. The molecule has 18 heavy (non-hydrogen) atoms. The highest BCUT2D eigenvalue weighted by Gasteiger charge is 2.14. The Morgan fingerprint density at radius 1 is 1.50 bits per heavy atom. The molecule has 0 fully saturated rings. The predicted octanol–water partition coefficient (Wildman–Crippen LogP) is 1.52. The quantitative estimate of drug-likeness (QED) is 0.650. The van der Waals surface area contributed by atoms with E-state index in [0.29, 0.717) is 5.02 Å². The predicted molar refractivity (Wildman–Crippen MR) is 71.0 cm³/mol. The fourth-order valence-corrected chi connectivity index (χ4v) is 2.02. The zero-order chi connectivity index (χ0) is 13.1. The highest BCUT2D eigenvalue weighted by atomic mass is 35.5. The molecule has 1 unspecified atom stereocenters. The number of halogens is 1. The molecule has 2 heterocycles. The molecule has 0 spiro atoms.